The molecule has 1 aromatic rings. The molecule has 0 fully saturated rings. The lowest BCUT2D eigenvalue weighted by molar-refractivity contribution is 1.24. The lowest BCUT2D eigenvalue weighted by Gasteiger charge is -1.88. The standard InChI is InChI=1S/C6H6N2S3/c1-9-5-4(3-7)6(10-2)11-8-5/h1-2H3. The molecule has 0 saturated heterocycles. The summed E-state index contributed by atoms with van der Waals surface area (Å²) in [5, 5.41) is 9.59. The van der Waals surface area contributed by atoms with E-state index in [4.69, 9.17) is 5.26 Å². The number of aromatic nitrogens is 1. The van der Waals surface area contributed by atoms with E-state index in [2.05, 4.69) is 10.4 Å². The van der Waals surface area contributed by atoms with Crippen LogP contribution < -0.4 is 0 Å². The average Bonchev–Trinajstić information content (AvgIpc) is 2.45. The third kappa shape index (κ3) is 1.70. The average molecular weight is 202 g/mol. The first-order chi connectivity index (χ1) is 5.33. The van der Waals surface area contributed by atoms with Crippen LogP contribution in [0.5, 0.6) is 0 Å². The maximum atomic E-state index is 8.74. The summed E-state index contributed by atoms with van der Waals surface area (Å²) in [5.74, 6) is 0. The number of hydrogen-bond acceptors (Lipinski definition) is 5. The van der Waals surface area contributed by atoms with E-state index in [-0.39, 0.29) is 0 Å². The monoisotopic (exact) mass is 202 g/mol. The molecule has 0 unspecified atom stereocenters. The molecule has 5 heteroatoms. The minimum atomic E-state index is 0.731. The van der Waals surface area contributed by atoms with Crippen molar-refractivity contribution in [2.24, 2.45) is 0 Å². The zero-order valence-corrected chi connectivity index (χ0v) is 8.57. The summed E-state index contributed by atoms with van der Waals surface area (Å²) in [4.78, 5) is 0. The molecule has 1 aromatic heterocycles. The second kappa shape index (κ2) is 4.00. The third-order valence-electron chi connectivity index (χ3n) is 1.12. The molecule has 1 rings (SSSR count). The quantitative estimate of drug-likeness (QED) is 0.690. The van der Waals surface area contributed by atoms with Crippen LogP contribution in [0.4, 0.5) is 0 Å². The molecule has 0 spiro atoms. The molecule has 0 aliphatic carbocycles. The maximum absolute atomic E-state index is 8.74. The smallest absolute Gasteiger partial charge is 0.129 e. The molecule has 0 aliphatic rings. The van der Waals surface area contributed by atoms with Crippen molar-refractivity contribution in [3.63, 3.8) is 0 Å². The van der Waals surface area contributed by atoms with Gasteiger partial charge in [-0.2, -0.15) is 9.64 Å². The molecular weight excluding hydrogens is 196 g/mol. The van der Waals surface area contributed by atoms with Crippen LogP contribution in [0.1, 0.15) is 5.56 Å². The summed E-state index contributed by atoms with van der Waals surface area (Å²) in [6.07, 6.45) is 3.89. The summed E-state index contributed by atoms with van der Waals surface area (Å²) >= 11 is 4.49. The van der Waals surface area contributed by atoms with Gasteiger partial charge in [-0.25, -0.2) is 0 Å². The molecule has 0 atom stereocenters. The highest BCUT2D eigenvalue weighted by atomic mass is 32.2. The van der Waals surface area contributed by atoms with Crippen LogP contribution >= 0.6 is 35.1 Å². The molecule has 0 bridgehead atoms. The van der Waals surface area contributed by atoms with Gasteiger partial charge in [0.15, 0.2) is 0 Å². The summed E-state index contributed by atoms with van der Waals surface area (Å²) in [5.41, 5.74) is 0.731. The van der Waals surface area contributed by atoms with Gasteiger partial charge in [0.25, 0.3) is 0 Å². The number of nitrogens with zero attached hydrogens (tertiary/aromatic N) is 2. The van der Waals surface area contributed by atoms with Crippen molar-refractivity contribution >= 4 is 35.1 Å². The largest absolute Gasteiger partial charge is 0.192 e. The molecule has 0 amide bonds. The SMILES string of the molecule is CSc1nsc(SC)c1C#N. The highest BCUT2D eigenvalue weighted by Gasteiger charge is 2.10. The summed E-state index contributed by atoms with van der Waals surface area (Å²) in [6, 6.07) is 2.15. The van der Waals surface area contributed by atoms with Gasteiger partial charge in [0.1, 0.15) is 16.7 Å². The van der Waals surface area contributed by atoms with Gasteiger partial charge in [0, 0.05) is 0 Å². The number of thioether (sulfide) groups is 2. The van der Waals surface area contributed by atoms with Crippen molar-refractivity contribution in [1.82, 2.24) is 4.37 Å². The Bertz CT molecular complexity index is 265. The van der Waals surface area contributed by atoms with E-state index in [0.29, 0.717) is 0 Å². The van der Waals surface area contributed by atoms with Crippen LogP contribution in [0.2, 0.25) is 0 Å². The van der Waals surface area contributed by atoms with Gasteiger partial charge in [-0.1, -0.05) is 0 Å². The van der Waals surface area contributed by atoms with E-state index in [0.717, 1.165) is 14.8 Å². The third-order valence-corrected chi connectivity index (χ3v) is 3.86. The predicted molar refractivity (Wildman–Crippen MR) is 50.4 cm³/mol. The van der Waals surface area contributed by atoms with Gasteiger partial charge in [-0.3, -0.25) is 0 Å². The van der Waals surface area contributed by atoms with Crippen molar-refractivity contribution in [2.75, 3.05) is 12.5 Å². The van der Waals surface area contributed by atoms with E-state index in [9.17, 15) is 0 Å². The zero-order valence-electron chi connectivity index (χ0n) is 6.12. The molecule has 1 heterocycles. The highest BCUT2D eigenvalue weighted by Crippen LogP contribution is 2.31. The zero-order chi connectivity index (χ0) is 8.27. The van der Waals surface area contributed by atoms with Gasteiger partial charge in [-0.05, 0) is 24.0 Å². The first kappa shape index (κ1) is 8.91. The fourth-order valence-corrected chi connectivity index (χ4v) is 2.77. The number of nitriles is 1. The van der Waals surface area contributed by atoms with Crippen LogP contribution in [0.15, 0.2) is 9.24 Å². The summed E-state index contributed by atoms with van der Waals surface area (Å²) in [6.45, 7) is 0. The first-order valence-corrected chi connectivity index (χ1v) is 6.03. The van der Waals surface area contributed by atoms with E-state index < -0.39 is 0 Å². The Labute approximate surface area is 78.2 Å². The van der Waals surface area contributed by atoms with Crippen LogP contribution in [0.25, 0.3) is 0 Å². The summed E-state index contributed by atoms with van der Waals surface area (Å²) < 4.78 is 5.15. The number of rotatable bonds is 2. The summed E-state index contributed by atoms with van der Waals surface area (Å²) in [7, 11) is 0. The van der Waals surface area contributed by atoms with Crippen LogP contribution in [-0.2, 0) is 0 Å². The van der Waals surface area contributed by atoms with Gasteiger partial charge in [-0.15, -0.1) is 23.5 Å². The fourth-order valence-electron chi connectivity index (χ4n) is 0.634. The van der Waals surface area contributed by atoms with Crippen LogP contribution in [-0.4, -0.2) is 16.9 Å². The molecule has 0 saturated carbocycles. The Morgan fingerprint density at radius 2 is 2.18 bits per heavy atom. The Morgan fingerprint density at radius 1 is 1.45 bits per heavy atom. The van der Waals surface area contributed by atoms with Gasteiger partial charge in [0.05, 0.1) is 4.21 Å². The van der Waals surface area contributed by atoms with E-state index in [1.54, 1.807) is 11.8 Å². The molecule has 58 valence electrons. The highest BCUT2D eigenvalue weighted by molar-refractivity contribution is 8.01. The van der Waals surface area contributed by atoms with Crippen molar-refractivity contribution in [3.05, 3.63) is 5.56 Å². The van der Waals surface area contributed by atoms with Crippen molar-refractivity contribution < 1.29 is 0 Å². The van der Waals surface area contributed by atoms with Crippen molar-refractivity contribution in [3.8, 4) is 6.07 Å². The number of hydrogen-bond donors (Lipinski definition) is 0. The fraction of sp³-hybridized carbons (Fsp3) is 0.333. The molecule has 0 aromatic carbocycles. The molecule has 0 radical (unpaired) electrons. The van der Waals surface area contributed by atoms with Crippen molar-refractivity contribution in [1.29, 1.82) is 5.26 Å². The van der Waals surface area contributed by atoms with Crippen LogP contribution in [0, 0.1) is 11.3 Å². The molecule has 2 nitrogen and oxygen atoms in total. The molecule has 0 N–H and O–H groups in total. The topological polar surface area (TPSA) is 36.7 Å². The van der Waals surface area contributed by atoms with E-state index in [1.807, 2.05) is 12.5 Å². The maximum Gasteiger partial charge on any atom is 0.129 e. The minimum Gasteiger partial charge on any atom is -0.192 e. The lowest BCUT2D eigenvalue weighted by Crippen LogP contribution is -1.74. The Balaban J connectivity index is 3.12. The predicted octanol–water partition coefficient (Wildman–Crippen LogP) is 2.46. The van der Waals surface area contributed by atoms with Gasteiger partial charge >= 0.3 is 0 Å². The molecule has 0 aliphatic heterocycles. The molecular formula is C6H6N2S3. The Morgan fingerprint density at radius 3 is 2.64 bits per heavy atom. The van der Waals surface area contributed by atoms with E-state index in [1.165, 1.54) is 23.3 Å². The minimum absolute atomic E-state index is 0.731. The Kier molecular flexibility index (Phi) is 3.24. The second-order valence-electron chi connectivity index (χ2n) is 1.67. The first-order valence-electron chi connectivity index (χ1n) is 2.81. The Hall–Kier alpha value is -0.180. The van der Waals surface area contributed by atoms with E-state index >= 15 is 0 Å². The normalized spacial score (nSPS) is 9.55. The lowest BCUT2D eigenvalue weighted by atomic mass is 10.4. The van der Waals surface area contributed by atoms with Crippen LogP contribution in [0.3, 0.4) is 0 Å². The molecule has 11 heavy (non-hydrogen) atoms. The van der Waals surface area contributed by atoms with Gasteiger partial charge < -0.3 is 0 Å². The van der Waals surface area contributed by atoms with Gasteiger partial charge in [0.2, 0.25) is 0 Å². The second-order valence-corrected chi connectivity index (χ2v) is 4.31. The van der Waals surface area contributed by atoms with Crippen molar-refractivity contribution in [2.45, 2.75) is 9.24 Å².